The van der Waals surface area contributed by atoms with Gasteiger partial charge < -0.3 is 9.73 Å². The van der Waals surface area contributed by atoms with E-state index in [1.54, 1.807) is 10.7 Å². The Balaban J connectivity index is 1.68. The number of rotatable bonds is 3. The van der Waals surface area contributed by atoms with Crippen molar-refractivity contribution >= 4 is 27.8 Å². The van der Waals surface area contributed by atoms with Crippen LogP contribution in [0.3, 0.4) is 0 Å². The minimum Gasteiger partial charge on any atom is -0.422 e. The second-order valence-electron chi connectivity index (χ2n) is 7.39. The van der Waals surface area contributed by atoms with Crippen LogP contribution in [0.15, 0.2) is 33.6 Å². The number of hydrogen-bond acceptors (Lipinski definition) is 4. The summed E-state index contributed by atoms with van der Waals surface area (Å²) >= 11 is 0. The Labute approximate surface area is 151 Å². The average Bonchev–Trinajstić information content (AvgIpc) is 3.02. The summed E-state index contributed by atoms with van der Waals surface area (Å²) in [7, 11) is 0. The number of fused-ring (bicyclic) bond motifs is 3. The molecule has 0 saturated heterocycles. The third kappa shape index (κ3) is 3.00. The molecule has 0 aliphatic heterocycles. The first-order valence-electron chi connectivity index (χ1n) is 9.21. The molecule has 1 aliphatic carbocycles. The van der Waals surface area contributed by atoms with Crippen molar-refractivity contribution in [1.29, 1.82) is 0 Å². The van der Waals surface area contributed by atoms with Crippen LogP contribution in [0.4, 0.5) is 0 Å². The van der Waals surface area contributed by atoms with Crippen molar-refractivity contribution < 1.29 is 9.21 Å². The van der Waals surface area contributed by atoms with Crippen molar-refractivity contribution in [3.63, 3.8) is 0 Å². The average molecular weight is 353 g/mol. The molecule has 4 rings (SSSR count). The van der Waals surface area contributed by atoms with Crippen LogP contribution in [0.25, 0.3) is 21.9 Å². The van der Waals surface area contributed by atoms with Crippen LogP contribution in [0.2, 0.25) is 0 Å². The maximum Gasteiger partial charge on any atom is 0.347 e. The smallest absolute Gasteiger partial charge is 0.347 e. The molecule has 1 N–H and O–H groups in total. The predicted octanol–water partition coefficient (Wildman–Crippen LogP) is 3.15. The summed E-state index contributed by atoms with van der Waals surface area (Å²) < 4.78 is 6.98. The molecular weight excluding hydrogens is 330 g/mol. The maximum absolute atomic E-state index is 12.6. The predicted molar refractivity (Wildman–Crippen MR) is 100 cm³/mol. The van der Waals surface area contributed by atoms with E-state index in [2.05, 4.69) is 17.3 Å². The van der Waals surface area contributed by atoms with E-state index in [1.165, 1.54) is 12.6 Å². The Morgan fingerprint density at radius 3 is 2.92 bits per heavy atom. The van der Waals surface area contributed by atoms with Gasteiger partial charge in [-0.3, -0.25) is 9.48 Å². The first kappa shape index (κ1) is 16.8. The normalized spacial score (nSPS) is 20.5. The van der Waals surface area contributed by atoms with Gasteiger partial charge in [0.15, 0.2) is 0 Å². The molecule has 2 atom stereocenters. The van der Waals surface area contributed by atoms with E-state index < -0.39 is 5.63 Å². The van der Waals surface area contributed by atoms with Gasteiger partial charge in [-0.05, 0) is 37.8 Å². The number of aromatic nitrogens is 2. The lowest BCUT2D eigenvalue weighted by Gasteiger charge is -2.29. The lowest BCUT2D eigenvalue weighted by molar-refractivity contribution is -0.123. The summed E-state index contributed by atoms with van der Waals surface area (Å²) in [6.45, 7) is 4.27. The number of amides is 1. The molecule has 136 valence electrons. The van der Waals surface area contributed by atoms with E-state index in [0.717, 1.165) is 30.2 Å². The van der Waals surface area contributed by atoms with Crippen LogP contribution >= 0.6 is 0 Å². The Kier molecular flexibility index (Phi) is 4.26. The molecule has 26 heavy (non-hydrogen) atoms. The van der Waals surface area contributed by atoms with Crippen LogP contribution < -0.4 is 10.9 Å². The van der Waals surface area contributed by atoms with Crippen molar-refractivity contribution in [2.24, 2.45) is 5.92 Å². The van der Waals surface area contributed by atoms with E-state index in [9.17, 15) is 9.59 Å². The fourth-order valence-corrected chi connectivity index (χ4v) is 3.93. The molecule has 1 fully saturated rings. The van der Waals surface area contributed by atoms with Crippen molar-refractivity contribution in [3.8, 4) is 0 Å². The van der Waals surface area contributed by atoms with Gasteiger partial charge in [-0.25, -0.2) is 4.79 Å². The topological polar surface area (TPSA) is 77.1 Å². The summed E-state index contributed by atoms with van der Waals surface area (Å²) in [6.07, 6.45) is 6.06. The van der Waals surface area contributed by atoms with Crippen molar-refractivity contribution in [1.82, 2.24) is 15.1 Å². The Morgan fingerprint density at radius 2 is 2.12 bits per heavy atom. The molecule has 1 aromatic carbocycles. The standard InChI is InChI=1S/C20H23N3O3/c1-12-7-8-17-14(9-12)19-15(20(25)26-17)10-21-23(19)11-18(24)22-16-6-4-3-5-13(16)2/h7-10,13,16H,3-6,11H2,1-2H3,(H,22,24)/t13-,16-/m1/s1. The number of nitrogens with one attached hydrogen (secondary N) is 1. The number of benzene rings is 1. The molecular formula is C20H23N3O3. The zero-order chi connectivity index (χ0) is 18.3. The number of aryl methyl sites for hydroxylation is 1. The van der Waals surface area contributed by atoms with Crippen LogP contribution in [-0.2, 0) is 11.3 Å². The molecule has 1 aliphatic rings. The first-order chi connectivity index (χ1) is 12.5. The molecule has 2 heterocycles. The highest BCUT2D eigenvalue weighted by molar-refractivity contribution is 6.02. The summed E-state index contributed by atoms with van der Waals surface area (Å²) in [4.78, 5) is 24.8. The minimum absolute atomic E-state index is 0.0669. The molecule has 1 amide bonds. The van der Waals surface area contributed by atoms with Crippen molar-refractivity contribution in [2.45, 2.75) is 52.1 Å². The summed E-state index contributed by atoms with van der Waals surface area (Å²) in [5.41, 5.74) is 1.80. The SMILES string of the molecule is Cc1ccc2oc(=O)c3cnn(CC(=O)N[C@@H]4CCCC[C@H]4C)c3c2c1. The highest BCUT2D eigenvalue weighted by atomic mass is 16.4. The molecule has 6 nitrogen and oxygen atoms in total. The molecule has 3 aromatic rings. The zero-order valence-electron chi connectivity index (χ0n) is 15.1. The highest BCUT2D eigenvalue weighted by Gasteiger charge is 2.23. The number of hydrogen-bond donors (Lipinski definition) is 1. The molecule has 6 heteroatoms. The quantitative estimate of drug-likeness (QED) is 0.734. The van der Waals surface area contributed by atoms with Gasteiger partial charge in [0, 0.05) is 11.4 Å². The Bertz CT molecular complexity index is 1030. The number of nitrogens with zero attached hydrogens (tertiary/aromatic N) is 2. The van der Waals surface area contributed by atoms with Crippen LogP contribution in [0.5, 0.6) is 0 Å². The third-order valence-electron chi connectivity index (χ3n) is 5.40. The van der Waals surface area contributed by atoms with Gasteiger partial charge >= 0.3 is 5.63 Å². The number of carbonyl (C=O) groups is 1. The van der Waals surface area contributed by atoms with Gasteiger partial charge in [-0.1, -0.05) is 31.4 Å². The lowest BCUT2D eigenvalue weighted by Crippen LogP contribution is -2.42. The molecule has 0 unspecified atom stereocenters. The highest BCUT2D eigenvalue weighted by Crippen LogP contribution is 2.25. The van der Waals surface area contributed by atoms with Gasteiger partial charge in [0.25, 0.3) is 0 Å². The van der Waals surface area contributed by atoms with E-state index in [-0.39, 0.29) is 18.5 Å². The van der Waals surface area contributed by atoms with Gasteiger partial charge in [0.1, 0.15) is 17.5 Å². The third-order valence-corrected chi connectivity index (χ3v) is 5.40. The van der Waals surface area contributed by atoms with Crippen LogP contribution in [-0.4, -0.2) is 21.7 Å². The minimum atomic E-state index is -0.427. The van der Waals surface area contributed by atoms with Crippen molar-refractivity contribution in [3.05, 3.63) is 40.4 Å². The van der Waals surface area contributed by atoms with Gasteiger partial charge in [0.05, 0.1) is 11.7 Å². The Morgan fingerprint density at radius 1 is 1.31 bits per heavy atom. The van der Waals surface area contributed by atoms with E-state index in [1.807, 2.05) is 19.1 Å². The van der Waals surface area contributed by atoms with Crippen molar-refractivity contribution in [2.75, 3.05) is 0 Å². The zero-order valence-corrected chi connectivity index (χ0v) is 15.1. The van der Waals surface area contributed by atoms with Gasteiger partial charge in [-0.2, -0.15) is 5.10 Å². The summed E-state index contributed by atoms with van der Waals surface area (Å²) in [5.74, 6) is 0.431. The van der Waals surface area contributed by atoms with E-state index in [0.29, 0.717) is 22.4 Å². The van der Waals surface area contributed by atoms with Gasteiger partial charge in [-0.15, -0.1) is 0 Å². The van der Waals surface area contributed by atoms with Crippen LogP contribution in [0, 0.1) is 12.8 Å². The second kappa shape index (κ2) is 6.59. The largest absolute Gasteiger partial charge is 0.422 e. The molecule has 2 aromatic heterocycles. The molecule has 0 bridgehead atoms. The molecule has 0 radical (unpaired) electrons. The maximum atomic E-state index is 12.6. The Hall–Kier alpha value is -2.63. The second-order valence-corrected chi connectivity index (χ2v) is 7.39. The van der Waals surface area contributed by atoms with E-state index in [4.69, 9.17) is 4.42 Å². The van der Waals surface area contributed by atoms with E-state index >= 15 is 0 Å². The summed E-state index contributed by atoms with van der Waals surface area (Å²) in [5, 5.41) is 8.63. The fourth-order valence-electron chi connectivity index (χ4n) is 3.93. The first-order valence-corrected chi connectivity index (χ1v) is 9.21. The molecule has 1 saturated carbocycles. The number of carbonyl (C=O) groups excluding carboxylic acids is 1. The monoisotopic (exact) mass is 353 g/mol. The van der Waals surface area contributed by atoms with Gasteiger partial charge in [0.2, 0.25) is 5.91 Å². The summed E-state index contributed by atoms with van der Waals surface area (Å²) in [6, 6.07) is 5.86. The fraction of sp³-hybridized carbons (Fsp3) is 0.450. The molecule has 0 spiro atoms. The lowest BCUT2D eigenvalue weighted by atomic mass is 9.86. The van der Waals surface area contributed by atoms with Crippen LogP contribution in [0.1, 0.15) is 38.2 Å².